The molecule has 36 heavy (non-hydrogen) atoms. The Hall–Kier alpha value is -1.78. The Morgan fingerprint density at radius 3 is 2.50 bits per heavy atom. The second kappa shape index (κ2) is 11.7. The molecule has 3 heterocycles. The Labute approximate surface area is 225 Å². The normalized spacial score (nSPS) is 20.5. The van der Waals surface area contributed by atoms with Crippen LogP contribution >= 0.6 is 23.2 Å². The fourth-order valence-corrected chi connectivity index (χ4v) is 6.41. The molecule has 0 amide bonds. The van der Waals surface area contributed by atoms with Gasteiger partial charge in [0.05, 0.1) is 23.2 Å². The number of halogens is 2. The Balaban J connectivity index is 1.34. The molecule has 1 atom stereocenters. The summed E-state index contributed by atoms with van der Waals surface area (Å²) in [4.78, 5) is 11.9. The zero-order valence-electron chi connectivity index (χ0n) is 21.2. The highest BCUT2D eigenvalue weighted by Crippen LogP contribution is 2.31. The number of hydrogen-bond donors (Lipinski definition) is 2. The molecular formula is C25H36Cl2N6O2S. The predicted octanol–water partition coefficient (Wildman–Crippen LogP) is 4.37. The molecule has 198 valence electrons. The first kappa shape index (κ1) is 27.3. The van der Waals surface area contributed by atoms with E-state index in [9.17, 15) is 8.42 Å². The fourth-order valence-electron chi connectivity index (χ4n) is 5.41. The summed E-state index contributed by atoms with van der Waals surface area (Å²) >= 11 is 12.7. The summed E-state index contributed by atoms with van der Waals surface area (Å²) in [6.45, 7) is 8.00. The van der Waals surface area contributed by atoms with Crippen LogP contribution in [0, 0.1) is 0 Å². The lowest BCUT2D eigenvalue weighted by molar-refractivity contribution is 0.0611. The van der Waals surface area contributed by atoms with E-state index in [-0.39, 0.29) is 0 Å². The third kappa shape index (κ3) is 6.75. The molecule has 4 rings (SSSR count). The number of pyridine rings is 1. The monoisotopic (exact) mass is 554 g/mol. The molecule has 2 saturated heterocycles. The highest BCUT2D eigenvalue weighted by atomic mass is 35.5. The molecule has 2 aliphatic heterocycles. The summed E-state index contributed by atoms with van der Waals surface area (Å²) < 4.78 is 25.5. The van der Waals surface area contributed by atoms with Gasteiger partial charge in [-0.05, 0) is 56.1 Å². The van der Waals surface area contributed by atoms with Crippen LogP contribution in [0.4, 0.5) is 17.2 Å². The van der Waals surface area contributed by atoms with Crippen molar-refractivity contribution in [2.75, 3.05) is 61.0 Å². The van der Waals surface area contributed by atoms with E-state index in [1.165, 1.54) is 11.8 Å². The molecule has 1 aromatic heterocycles. The Bertz CT molecular complexity index is 1160. The summed E-state index contributed by atoms with van der Waals surface area (Å²) in [6.07, 6.45) is 6.01. The molecular weight excluding hydrogens is 519 g/mol. The third-order valence-corrected chi connectivity index (χ3v) is 8.31. The number of nitrogens with zero attached hydrogens (tertiary/aromatic N) is 4. The van der Waals surface area contributed by atoms with E-state index in [1.807, 2.05) is 19.2 Å². The van der Waals surface area contributed by atoms with Gasteiger partial charge in [-0.2, -0.15) is 0 Å². The minimum absolute atomic E-state index is 0.379. The van der Waals surface area contributed by atoms with Gasteiger partial charge in [0.1, 0.15) is 5.82 Å². The molecule has 1 unspecified atom stereocenters. The van der Waals surface area contributed by atoms with Gasteiger partial charge in [-0.1, -0.05) is 36.2 Å². The maximum atomic E-state index is 11.5. The molecule has 0 bridgehead atoms. The molecule has 2 N–H and O–H groups in total. The number of nitrogens with one attached hydrogen (secondary N) is 2. The van der Waals surface area contributed by atoms with Crippen LogP contribution in [0.3, 0.4) is 0 Å². The Morgan fingerprint density at radius 2 is 1.86 bits per heavy atom. The van der Waals surface area contributed by atoms with Crippen molar-refractivity contribution in [1.82, 2.24) is 14.8 Å². The number of rotatable bonds is 8. The average Bonchev–Trinajstić information content (AvgIpc) is 2.84. The first-order valence-corrected chi connectivity index (χ1v) is 15.1. The van der Waals surface area contributed by atoms with Crippen molar-refractivity contribution in [3.8, 4) is 0 Å². The summed E-state index contributed by atoms with van der Waals surface area (Å²) in [6, 6.07) is 8.71. The van der Waals surface area contributed by atoms with E-state index >= 15 is 0 Å². The molecule has 2 aliphatic rings. The van der Waals surface area contributed by atoms with Crippen molar-refractivity contribution in [3.63, 3.8) is 0 Å². The molecule has 1 aromatic carbocycles. The largest absolute Gasteiger partial charge is 0.388 e. The topological polar surface area (TPSA) is 80.8 Å². The van der Waals surface area contributed by atoms with Crippen LogP contribution < -0.4 is 14.9 Å². The van der Waals surface area contributed by atoms with Crippen molar-refractivity contribution in [3.05, 3.63) is 46.1 Å². The number of benzene rings is 1. The molecule has 11 heteroatoms. The number of likely N-dealkylation sites (tertiary alicyclic amines) is 1. The van der Waals surface area contributed by atoms with Gasteiger partial charge in [0.25, 0.3) is 0 Å². The van der Waals surface area contributed by atoms with Gasteiger partial charge in [-0.3, -0.25) is 14.5 Å². The average molecular weight is 556 g/mol. The van der Waals surface area contributed by atoms with Crippen LogP contribution in [0.2, 0.25) is 10.0 Å². The van der Waals surface area contributed by atoms with Crippen molar-refractivity contribution in [2.45, 2.75) is 44.8 Å². The van der Waals surface area contributed by atoms with E-state index < -0.39 is 10.0 Å². The number of piperazine rings is 1. The maximum absolute atomic E-state index is 11.5. The summed E-state index contributed by atoms with van der Waals surface area (Å²) in [7, 11) is -1.43. The molecule has 8 nitrogen and oxygen atoms in total. The minimum Gasteiger partial charge on any atom is -0.388 e. The molecule has 0 radical (unpaired) electrons. The van der Waals surface area contributed by atoms with Gasteiger partial charge >= 0.3 is 0 Å². The number of piperidine rings is 1. The second-order valence-electron chi connectivity index (χ2n) is 9.71. The zero-order chi connectivity index (χ0) is 25.9. The lowest BCUT2D eigenvalue weighted by Crippen LogP contribution is -2.58. The van der Waals surface area contributed by atoms with E-state index in [4.69, 9.17) is 23.2 Å². The van der Waals surface area contributed by atoms with Crippen molar-refractivity contribution < 1.29 is 8.42 Å². The van der Waals surface area contributed by atoms with Gasteiger partial charge in [0.2, 0.25) is 10.0 Å². The van der Waals surface area contributed by atoms with E-state index in [0.29, 0.717) is 28.6 Å². The fraction of sp³-hybridized carbons (Fsp3) is 0.560. The molecule has 2 aromatic rings. The summed E-state index contributed by atoms with van der Waals surface area (Å²) in [5.41, 5.74) is 2.76. The van der Waals surface area contributed by atoms with Crippen molar-refractivity contribution >= 4 is 50.4 Å². The van der Waals surface area contributed by atoms with Gasteiger partial charge in [0.15, 0.2) is 0 Å². The van der Waals surface area contributed by atoms with E-state index in [1.54, 1.807) is 6.07 Å². The second-order valence-corrected chi connectivity index (χ2v) is 12.3. The van der Waals surface area contributed by atoms with Crippen LogP contribution in [0.15, 0.2) is 30.5 Å². The predicted molar refractivity (Wildman–Crippen MR) is 150 cm³/mol. The molecule has 0 aliphatic carbocycles. The highest BCUT2D eigenvalue weighted by molar-refractivity contribution is 7.92. The van der Waals surface area contributed by atoms with Crippen LogP contribution in [0.25, 0.3) is 0 Å². The smallest absolute Gasteiger partial charge is 0.229 e. The summed E-state index contributed by atoms with van der Waals surface area (Å²) in [5, 5.41) is 4.48. The zero-order valence-corrected chi connectivity index (χ0v) is 23.5. The van der Waals surface area contributed by atoms with Crippen LogP contribution in [0.1, 0.15) is 31.7 Å². The quantitative estimate of drug-likeness (QED) is 0.501. The maximum Gasteiger partial charge on any atom is 0.229 e. The van der Waals surface area contributed by atoms with Crippen LogP contribution in [-0.2, 0) is 16.6 Å². The van der Waals surface area contributed by atoms with Gasteiger partial charge in [-0.15, -0.1) is 0 Å². The number of aromatic nitrogens is 1. The van der Waals surface area contributed by atoms with Crippen LogP contribution in [0.5, 0.6) is 0 Å². The third-order valence-electron chi connectivity index (χ3n) is 7.19. The van der Waals surface area contributed by atoms with E-state index in [2.05, 4.69) is 42.7 Å². The minimum atomic E-state index is -3.37. The Kier molecular flexibility index (Phi) is 8.88. The molecule has 0 spiro atoms. The standard InChI is InChI=1S/C25H36Cl2N6O2S/c1-4-21-17-32(25-23(27)14-20(15-29-25)30-36(3,34)35)11-12-33(21)22-7-9-31(10-8-22)16-18-5-6-19(26)13-24(18)28-2/h5-6,13-15,21-22,28,30H,4,7-12,16-17H2,1-3H3. The highest BCUT2D eigenvalue weighted by Gasteiger charge is 2.34. The first-order chi connectivity index (χ1) is 17.2. The first-order valence-electron chi connectivity index (χ1n) is 12.5. The van der Waals surface area contributed by atoms with E-state index in [0.717, 1.165) is 75.5 Å². The lowest BCUT2D eigenvalue weighted by atomic mass is 9.97. The number of hydrogen-bond acceptors (Lipinski definition) is 7. The van der Waals surface area contributed by atoms with Crippen molar-refractivity contribution in [1.29, 1.82) is 0 Å². The van der Waals surface area contributed by atoms with Crippen LogP contribution in [-0.4, -0.2) is 81.3 Å². The van der Waals surface area contributed by atoms with Gasteiger partial charge in [-0.25, -0.2) is 13.4 Å². The number of anilines is 3. The van der Waals surface area contributed by atoms with Gasteiger partial charge < -0.3 is 10.2 Å². The van der Waals surface area contributed by atoms with Crippen molar-refractivity contribution in [2.24, 2.45) is 0 Å². The summed E-state index contributed by atoms with van der Waals surface area (Å²) in [5.74, 6) is 0.715. The van der Waals surface area contributed by atoms with Gasteiger partial charge in [0, 0.05) is 56.0 Å². The lowest BCUT2D eigenvalue weighted by Gasteiger charge is -2.47. The SMILES string of the molecule is CCC1CN(c2ncc(NS(C)(=O)=O)cc2Cl)CCN1C1CCN(Cc2ccc(Cl)cc2NC)CC1. The Morgan fingerprint density at radius 1 is 1.11 bits per heavy atom. The molecule has 2 fully saturated rings. The number of sulfonamides is 1. The molecule has 0 saturated carbocycles.